The highest BCUT2D eigenvalue weighted by Gasteiger charge is 2.36. The second-order valence-corrected chi connectivity index (χ2v) is 5.71. The number of hydrogen-bond acceptors (Lipinski definition) is 1. The molecule has 2 heteroatoms. The zero-order valence-corrected chi connectivity index (χ0v) is 9.90. The van der Waals surface area contributed by atoms with Crippen molar-refractivity contribution in [2.75, 3.05) is 6.61 Å². The average Bonchev–Trinajstić information content (AvgIpc) is 2.30. The van der Waals surface area contributed by atoms with Crippen molar-refractivity contribution in [3.05, 3.63) is 0 Å². The van der Waals surface area contributed by atoms with Gasteiger partial charge < -0.3 is 4.74 Å². The van der Waals surface area contributed by atoms with Gasteiger partial charge in [0.1, 0.15) is 5.56 Å². The first-order valence-corrected chi connectivity index (χ1v) is 5.63. The van der Waals surface area contributed by atoms with E-state index in [1.807, 2.05) is 0 Å². The topological polar surface area (TPSA) is 9.23 Å². The lowest BCUT2D eigenvalue weighted by Gasteiger charge is -2.27. The second-order valence-electron chi connectivity index (χ2n) is 5.28. The van der Waals surface area contributed by atoms with Crippen LogP contribution in [0.5, 0.6) is 0 Å². The van der Waals surface area contributed by atoms with Crippen LogP contribution in [-0.2, 0) is 4.74 Å². The van der Waals surface area contributed by atoms with Crippen LogP contribution in [0, 0.1) is 17.3 Å². The van der Waals surface area contributed by atoms with Crippen molar-refractivity contribution < 1.29 is 4.74 Å². The zero-order valence-electron chi connectivity index (χ0n) is 9.14. The largest absolute Gasteiger partial charge is 0.362 e. The van der Waals surface area contributed by atoms with Crippen molar-refractivity contribution in [1.82, 2.24) is 0 Å². The van der Waals surface area contributed by atoms with Crippen LogP contribution in [0.15, 0.2) is 0 Å². The molecule has 0 amide bonds. The molecule has 1 aliphatic rings. The lowest BCUT2D eigenvalue weighted by Crippen LogP contribution is -2.22. The van der Waals surface area contributed by atoms with Gasteiger partial charge in [0.15, 0.2) is 0 Å². The molecule has 13 heavy (non-hydrogen) atoms. The van der Waals surface area contributed by atoms with Gasteiger partial charge in [-0.2, -0.15) is 0 Å². The highest BCUT2D eigenvalue weighted by molar-refractivity contribution is 6.20. The third kappa shape index (κ3) is 3.14. The van der Waals surface area contributed by atoms with Gasteiger partial charge in [-0.25, -0.2) is 0 Å². The van der Waals surface area contributed by atoms with E-state index in [2.05, 4.69) is 27.7 Å². The van der Waals surface area contributed by atoms with E-state index in [4.69, 9.17) is 16.3 Å². The molecule has 0 bridgehead atoms. The Labute approximate surface area is 86.8 Å². The SMILES string of the molecule is CCC1COC(Cl)C1CC(C)(C)C. The van der Waals surface area contributed by atoms with Gasteiger partial charge in [-0.05, 0) is 17.8 Å². The fraction of sp³-hybridized carbons (Fsp3) is 1.00. The Morgan fingerprint density at radius 2 is 2.00 bits per heavy atom. The second kappa shape index (κ2) is 4.18. The molecule has 0 spiro atoms. The van der Waals surface area contributed by atoms with Crippen LogP contribution in [0.1, 0.15) is 40.5 Å². The minimum Gasteiger partial charge on any atom is -0.362 e. The molecule has 0 saturated carbocycles. The Balaban J connectivity index is 2.54. The van der Waals surface area contributed by atoms with Crippen molar-refractivity contribution in [1.29, 1.82) is 0 Å². The molecule has 0 aromatic heterocycles. The third-order valence-electron chi connectivity index (χ3n) is 2.78. The summed E-state index contributed by atoms with van der Waals surface area (Å²) in [5, 5.41) is 0. The van der Waals surface area contributed by atoms with Crippen LogP contribution in [0.2, 0.25) is 0 Å². The van der Waals surface area contributed by atoms with Gasteiger partial charge in [0.05, 0.1) is 6.61 Å². The maximum Gasteiger partial charge on any atom is 0.134 e. The maximum atomic E-state index is 6.14. The summed E-state index contributed by atoms with van der Waals surface area (Å²) >= 11 is 6.14. The fourth-order valence-corrected chi connectivity index (χ4v) is 2.43. The van der Waals surface area contributed by atoms with E-state index >= 15 is 0 Å². The molecular formula is C11H21ClO. The Bertz CT molecular complexity index is 162. The minimum atomic E-state index is -0.0517. The third-order valence-corrected chi connectivity index (χ3v) is 3.23. The first-order chi connectivity index (χ1) is 5.94. The molecule has 1 rings (SSSR count). The summed E-state index contributed by atoms with van der Waals surface area (Å²) in [4.78, 5) is 0. The van der Waals surface area contributed by atoms with E-state index in [0.29, 0.717) is 17.3 Å². The highest BCUT2D eigenvalue weighted by Crippen LogP contribution is 2.39. The molecular weight excluding hydrogens is 184 g/mol. The van der Waals surface area contributed by atoms with Gasteiger partial charge in [0, 0.05) is 5.92 Å². The summed E-state index contributed by atoms with van der Waals surface area (Å²) in [5.74, 6) is 1.22. The molecule has 1 fully saturated rings. The molecule has 0 N–H and O–H groups in total. The lowest BCUT2D eigenvalue weighted by atomic mass is 9.79. The van der Waals surface area contributed by atoms with Gasteiger partial charge in [-0.3, -0.25) is 0 Å². The summed E-state index contributed by atoms with van der Waals surface area (Å²) in [7, 11) is 0. The number of ether oxygens (including phenoxy) is 1. The van der Waals surface area contributed by atoms with Crippen LogP contribution in [0.3, 0.4) is 0 Å². The molecule has 0 radical (unpaired) electrons. The van der Waals surface area contributed by atoms with E-state index in [9.17, 15) is 0 Å². The van der Waals surface area contributed by atoms with E-state index in [0.717, 1.165) is 6.61 Å². The van der Waals surface area contributed by atoms with Gasteiger partial charge >= 0.3 is 0 Å². The van der Waals surface area contributed by atoms with Crippen LogP contribution >= 0.6 is 11.6 Å². The van der Waals surface area contributed by atoms with Gasteiger partial charge in [0.25, 0.3) is 0 Å². The molecule has 3 unspecified atom stereocenters. The predicted molar refractivity (Wildman–Crippen MR) is 56.9 cm³/mol. The van der Waals surface area contributed by atoms with Gasteiger partial charge in [-0.1, -0.05) is 45.7 Å². The van der Waals surface area contributed by atoms with Gasteiger partial charge in [0.2, 0.25) is 0 Å². The Morgan fingerprint density at radius 1 is 1.38 bits per heavy atom. The molecule has 3 atom stereocenters. The number of rotatable bonds is 2. The number of hydrogen-bond donors (Lipinski definition) is 0. The highest BCUT2D eigenvalue weighted by atomic mass is 35.5. The molecule has 0 aliphatic carbocycles. The van der Waals surface area contributed by atoms with Crippen LogP contribution in [-0.4, -0.2) is 12.2 Å². The molecule has 1 heterocycles. The average molecular weight is 205 g/mol. The Kier molecular flexibility index (Phi) is 3.64. The molecule has 78 valence electrons. The maximum absolute atomic E-state index is 6.14. The Morgan fingerprint density at radius 3 is 2.46 bits per heavy atom. The molecule has 1 aliphatic heterocycles. The number of halogens is 1. The smallest absolute Gasteiger partial charge is 0.134 e. The van der Waals surface area contributed by atoms with Crippen molar-refractivity contribution in [3.8, 4) is 0 Å². The van der Waals surface area contributed by atoms with Crippen molar-refractivity contribution in [3.63, 3.8) is 0 Å². The number of alkyl halides is 1. The molecule has 1 nitrogen and oxygen atoms in total. The van der Waals surface area contributed by atoms with E-state index < -0.39 is 0 Å². The van der Waals surface area contributed by atoms with Crippen LogP contribution < -0.4 is 0 Å². The van der Waals surface area contributed by atoms with Crippen molar-refractivity contribution in [2.24, 2.45) is 17.3 Å². The summed E-state index contributed by atoms with van der Waals surface area (Å²) in [6.45, 7) is 9.87. The van der Waals surface area contributed by atoms with Crippen LogP contribution in [0.4, 0.5) is 0 Å². The summed E-state index contributed by atoms with van der Waals surface area (Å²) in [6.07, 6.45) is 2.35. The monoisotopic (exact) mass is 204 g/mol. The van der Waals surface area contributed by atoms with E-state index in [1.54, 1.807) is 0 Å². The van der Waals surface area contributed by atoms with E-state index in [-0.39, 0.29) is 5.56 Å². The van der Waals surface area contributed by atoms with Gasteiger partial charge in [-0.15, -0.1) is 0 Å². The first-order valence-electron chi connectivity index (χ1n) is 5.19. The quantitative estimate of drug-likeness (QED) is 0.624. The Hall–Kier alpha value is 0.250. The van der Waals surface area contributed by atoms with E-state index in [1.165, 1.54) is 12.8 Å². The van der Waals surface area contributed by atoms with Crippen LogP contribution in [0.25, 0.3) is 0 Å². The fourth-order valence-electron chi connectivity index (χ4n) is 2.06. The molecule has 0 aromatic carbocycles. The lowest BCUT2D eigenvalue weighted by molar-refractivity contribution is 0.140. The summed E-state index contributed by atoms with van der Waals surface area (Å²) < 4.78 is 5.48. The molecule has 1 saturated heterocycles. The zero-order chi connectivity index (χ0) is 10.1. The summed E-state index contributed by atoms with van der Waals surface area (Å²) in [6, 6.07) is 0. The predicted octanol–water partition coefficient (Wildman–Crippen LogP) is 3.66. The first kappa shape index (κ1) is 11.3. The standard InChI is InChI=1S/C11H21ClO/c1-5-8-7-13-10(12)9(8)6-11(2,3)4/h8-10H,5-7H2,1-4H3. The normalized spacial score (nSPS) is 35.3. The summed E-state index contributed by atoms with van der Waals surface area (Å²) in [5.41, 5.74) is 0.308. The molecule has 0 aromatic rings. The van der Waals surface area contributed by atoms with Crippen molar-refractivity contribution in [2.45, 2.75) is 46.1 Å². The minimum absolute atomic E-state index is 0.0517. The van der Waals surface area contributed by atoms with Crippen molar-refractivity contribution >= 4 is 11.6 Å².